The zero-order chi connectivity index (χ0) is 21.3. The average Bonchev–Trinajstić information content (AvgIpc) is 3.35. The molecule has 0 saturated heterocycles. The maximum atomic E-state index is 13.9. The van der Waals surface area contributed by atoms with Gasteiger partial charge in [-0.3, -0.25) is 0 Å². The lowest BCUT2D eigenvalue weighted by Crippen LogP contribution is -2.30. The van der Waals surface area contributed by atoms with Crippen molar-refractivity contribution in [3.63, 3.8) is 0 Å². The molecule has 0 saturated carbocycles. The summed E-state index contributed by atoms with van der Waals surface area (Å²) < 4.78 is 21.1. The van der Waals surface area contributed by atoms with Crippen molar-refractivity contribution in [3.8, 4) is 0 Å². The van der Waals surface area contributed by atoms with Gasteiger partial charge in [-0.25, -0.2) is 13.9 Å². The number of hydrogen-bond donors (Lipinski definition) is 1. The number of carbonyl (C=O) groups is 1. The first-order chi connectivity index (χ1) is 14.4. The van der Waals surface area contributed by atoms with Gasteiger partial charge in [-0.1, -0.05) is 36.0 Å². The molecule has 0 bridgehead atoms. The molecule has 1 unspecified atom stereocenters. The highest BCUT2D eigenvalue weighted by Crippen LogP contribution is 2.38. The summed E-state index contributed by atoms with van der Waals surface area (Å²) in [6.45, 7) is 5.48. The van der Waals surface area contributed by atoms with E-state index in [1.807, 2.05) is 38.3 Å². The number of halogens is 1. The first-order valence-corrected chi connectivity index (χ1v) is 11.4. The van der Waals surface area contributed by atoms with Gasteiger partial charge in [0.15, 0.2) is 0 Å². The summed E-state index contributed by atoms with van der Waals surface area (Å²) >= 11 is 2.89. The van der Waals surface area contributed by atoms with Gasteiger partial charge in [0.05, 0.1) is 11.7 Å². The second-order valence-corrected chi connectivity index (χ2v) is 9.00. The molecule has 0 amide bonds. The molecule has 2 aromatic heterocycles. The molecule has 1 aliphatic heterocycles. The first-order valence-electron chi connectivity index (χ1n) is 9.49. The van der Waals surface area contributed by atoms with Crippen molar-refractivity contribution in [1.29, 1.82) is 0 Å². The number of benzene rings is 1. The van der Waals surface area contributed by atoms with Gasteiger partial charge in [0, 0.05) is 16.3 Å². The molecular weight excluding hydrogens is 423 g/mol. The fourth-order valence-electron chi connectivity index (χ4n) is 3.20. The van der Waals surface area contributed by atoms with Gasteiger partial charge in [0.1, 0.15) is 11.9 Å². The van der Waals surface area contributed by atoms with E-state index in [0.29, 0.717) is 33.7 Å². The number of nitrogens with one attached hydrogen (secondary N) is 1. The Hall–Kier alpha value is -2.65. The van der Waals surface area contributed by atoms with Gasteiger partial charge in [0.2, 0.25) is 11.1 Å². The zero-order valence-corrected chi connectivity index (χ0v) is 18.4. The Balaban J connectivity index is 1.66. The molecular formula is C21H21FN4O2S2. The molecule has 9 heteroatoms. The number of thioether (sulfide) groups is 1. The zero-order valence-electron chi connectivity index (χ0n) is 16.8. The quantitative estimate of drug-likeness (QED) is 0.426. The van der Waals surface area contributed by atoms with Crippen LogP contribution in [0.15, 0.2) is 58.2 Å². The molecule has 4 rings (SSSR count). The summed E-state index contributed by atoms with van der Waals surface area (Å²) in [7, 11) is 0. The van der Waals surface area contributed by atoms with E-state index in [1.54, 1.807) is 34.2 Å². The van der Waals surface area contributed by atoms with Crippen LogP contribution in [0.25, 0.3) is 0 Å². The number of esters is 1. The fourth-order valence-corrected chi connectivity index (χ4v) is 4.84. The Kier molecular flexibility index (Phi) is 5.92. The Bertz CT molecular complexity index is 1090. The van der Waals surface area contributed by atoms with Gasteiger partial charge in [-0.2, -0.15) is 4.98 Å². The lowest BCUT2D eigenvalue weighted by Gasteiger charge is -2.27. The van der Waals surface area contributed by atoms with Crippen LogP contribution in [0.1, 0.15) is 37.3 Å². The van der Waals surface area contributed by atoms with Gasteiger partial charge in [-0.15, -0.1) is 16.4 Å². The minimum Gasteiger partial charge on any atom is -0.459 e. The summed E-state index contributed by atoms with van der Waals surface area (Å²) in [4.78, 5) is 18.4. The van der Waals surface area contributed by atoms with Crippen LogP contribution in [0.5, 0.6) is 0 Å². The SMILES string of the molecule is CC1=C(C(=O)OC(C)C)C(c2cccs2)n2nc(SCc3ccccc3F)nc2N1. The number of thiophene rings is 1. The Morgan fingerprint density at radius 2 is 2.13 bits per heavy atom. The average molecular weight is 445 g/mol. The van der Waals surface area contributed by atoms with Crippen LogP contribution in [-0.4, -0.2) is 26.8 Å². The fraction of sp³-hybridized carbons (Fsp3) is 0.286. The summed E-state index contributed by atoms with van der Waals surface area (Å²) in [5.74, 6) is 0.326. The number of allylic oxidation sites excluding steroid dienone is 1. The van der Waals surface area contributed by atoms with Crippen molar-refractivity contribution in [2.75, 3.05) is 5.32 Å². The van der Waals surface area contributed by atoms with E-state index in [-0.39, 0.29) is 17.9 Å². The third-order valence-corrected chi connectivity index (χ3v) is 6.33. The number of ether oxygens (including phenoxy) is 1. The summed E-state index contributed by atoms with van der Waals surface area (Å²) in [5.41, 5.74) is 1.78. The van der Waals surface area contributed by atoms with Gasteiger partial charge in [0.25, 0.3) is 0 Å². The highest BCUT2D eigenvalue weighted by atomic mass is 32.2. The number of fused-ring (bicyclic) bond motifs is 1. The molecule has 0 radical (unpaired) electrons. The Morgan fingerprint density at radius 1 is 1.33 bits per heavy atom. The molecule has 6 nitrogen and oxygen atoms in total. The normalized spacial score (nSPS) is 15.8. The summed E-state index contributed by atoms with van der Waals surface area (Å²) in [5, 5.41) is 10.3. The van der Waals surface area contributed by atoms with Crippen molar-refractivity contribution in [1.82, 2.24) is 14.8 Å². The van der Waals surface area contributed by atoms with Crippen LogP contribution in [0.3, 0.4) is 0 Å². The second-order valence-electron chi connectivity index (χ2n) is 7.08. The van der Waals surface area contributed by atoms with Crippen LogP contribution in [0, 0.1) is 5.82 Å². The van der Waals surface area contributed by atoms with E-state index in [9.17, 15) is 9.18 Å². The number of anilines is 1. The number of carbonyl (C=O) groups excluding carboxylic acids is 1. The first kappa shape index (κ1) is 20.6. The summed E-state index contributed by atoms with van der Waals surface area (Å²) in [6, 6.07) is 10.1. The third-order valence-electron chi connectivity index (χ3n) is 4.52. The number of aromatic nitrogens is 3. The topological polar surface area (TPSA) is 69.0 Å². The van der Waals surface area contributed by atoms with E-state index in [1.165, 1.54) is 17.8 Å². The molecule has 0 aliphatic carbocycles. The van der Waals surface area contributed by atoms with Gasteiger partial charge >= 0.3 is 5.97 Å². The molecule has 156 valence electrons. The van der Waals surface area contributed by atoms with Crippen LogP contribution < -0.4 is 5.32 Å². The van der Waals surface area contributed by atoms with Crippen molar-refractivity contribution in [2.24, 2.45) is 0 Å². The molecule has 3 heterocycles. The van der Waals surface area contributed by atoms with Crippen molar-refractivity contribution >= 4 is 35.0 Å². The lowest BCUT2D eigenvalue weighted by atomic mass is 10.0. The predicted molar refractivity (Wildman–Crippen MR) is 116 cm³/mol. The number of hydrogen-bond acceptors (Lipinski definition) is 7. The monoisotopic (exact) mass is 444 g/mol. The molecule has 0 fully saturated rings. The van der Waals surface area contributed by atoms with Crippen LogP contribution in [0.4, 0.5) is 10.3 Å². The molecule has 1 aromatic carbocycles. The molecule has 30 heavy (non-hydrogen) atoms. The summed E-state index contributed by atoms with van der Waals surface area (Å²) in [6.07, 6.45) is -0.231. The van der Waals surface area contributed by atoms with Gasteiger partial charge < -0.3 is 10.1 Å². The third kappa shape index (κ3) is 4.13. The van der Waals surface area contributed by atoms with Crippen molar-refractivity contribution in [3.05, 3.63) is 69.3 Å². The van der Waals surface area contributed by atoms with Crippen LogP contribution >= 0.6 is 23.1 Å². The van der Waals surface area contributed by atoms with E-state index < -0.39 is 6.04 Å². The Morgan fingerprint density at radius 3 is 2.83 bits per heavy atom. The highest BCUT2D eigenvalue weighted by molar-refractivity contribution is 7.98. The van der Waals surface area contributed by atoms with Crippen LogP contribution in [0.2, 0.25) is 0 Å². The molecule has 1 atom stereocenters. The van der Waals surface area contributed by atoms with Gasteiger partial charge in [-0.05, 0) is 43.8 Å². The molecule has 3 aromatic rings. The van der Waals surface area contributed by atoms with E-state index in [0.717, 1.165) is 4.88 Å². The minimum absolute atomic E-state index is 0.231. The van der Waals surface area contributed by atoms with E-state index in [4.69, 9.17) is 4.74 Å². The maximum Gasteiger partial charge on any atom is 0.338 e. The maximum absolute atomic E-state index is 13.9. The van der Waals surface area contributed by atoms with Crippen molar-refractivity contribution in [2.45, 2.75) is 43.8 Å². The van der Waals surface area contributed by atoms with Crippen molar-refractivity contribution < 1.29 is 13.9 Å². The van der Waals surface area contributed by atoms with Crippen LogP contribution in [-0.2, 0) is 15.3 Å². The molecule has 0 spiro atoms. The minimum atomic E-state index is -0.428. The van der Waals surface area contributed by atoms with E-state index in [2.05, 4.69) is 15.4 Å². The lowest BCUT2D eigenvalue weighted by molar-refractivity contribution is -0.143. The predicted octanol–water partition coefficient (Wildman–Crippen LogP) is 5.01. The smallest absolute Gasteiger partial charge is 0.338 e. The largest absolute Gasteiger partial charge is 0.459 e. The Labute approximate surface area is 182 Å². The number of nitrogens with zero attached hydrogens (tertiary/aromatic N) is 3. The molecule has 1 N–H and O–H groups in total. The highest BCUT2D eigenvalue weighted by Gasteiger charge is 2.36. The second kappa shape index (κ2) is 8.61. The standard InChI is InChI=1S/C21H21FN4O2S2/c1-12(2)28-19(27)17-13(3)23-20-24-21(30-11-14-7-4-5-8-15(14)22)25-26(20)18(17)16-9-6-10-29-16/h4-10,12,18H,11H2,1-3H3,(H,23,24,25). The number of rotatable bonds is 6. The van der Waals surface area contributed by atoms with E-state index >= 15 is 0 Å². The molecule has 1 aliphatic rings.